The molecule has 0 N–H and O–H groups in total. The monoisotopic (exact) mass is 224 g/mol. The van der Waals surface area contributed by atoms with Gasteiger partial charge in [0.15, 0.2) is 0 Å². The maximum absolute atomic E-state index is 12.3. The molecule has 0 aromatic carbocycles. The predicted octanol–water partition coefficient (Wildman–Crippen LogP) is 4.45. The number of carbonyl (C=O) groups excluding carboxylic acids is 1. The molecule has 1 heteroatoms. The van der Waals surface area contributed by atoms with Gasteiger partial charge in [0.25, 0.3) is 0 Å². The summed E-state index contributed by atoms with van der Waals surface area (Å²) in [6.45, 7) is 13.4. The fraction of sp³-hybridized carbons (Fsp3) is 0.933. The lowest BCUT2D eigenvalue weighted by Gasteiger charge is -2.24. The van der Waals surface area contributed by atoms with Gasteiger partial charge < -0.3 is 0 Å². The van der Waals surface area contributed by atoms with Crippen LogP contribution in [0.5, 0.6) is 0 Å². The first kappa shape index (κ1) is 13.7. The number of ketones is 1. The molecule has 1 fully saturated rings. The Labute approximate surface area is 101 Å². The first-order valence-electron chi connectivity index (χ1n) is 6.62. The molecule has 0 heterocycles. The number of carbonyl (C=O) groups is 1. The summed E-state index contributed by atoms with van der Waals surface area (Å²) < 4.78 is 0. The maximum Gasteiger partial charge on any atom is 0.139 e. The molecule has 0 aromatic heterocycles. The van der Waals surface area contributed by atoms with Crippen molar-refractivity contribution in [1.29, 1.82) is 0 Å². The van der Waals surface area contributed by atoms with Crippen molar-refractivity contribution >= 4 is 5.78 Å². The van der Waals surface area contributed by atoms with Crippen LogP contribution in [0.2, 0.25) is 0 Å². The molecule has 1 saturated carbocycles. The van der Waals surface area contributed by atoms with Gasteiger partial charge in [-0.25, -0.2) is 0 Å². The summed E-state index contributed by atoms with van der Waals surface area (Å²) in [5.74, 6) is 1.23. The maximum atomic E-state index is 12.3. The van der Waals surface area contributed by atoms with Crippen LogP contribution in [0.3, 0.4) is 0 Å². The predicted molar refractivity (Wildman–Crippen MR) is 69.4 cm³/mol. The van der Waals surface area contributed by atoms with Crippen molar-refractivity contribution in [3.05, 3.63) is 0 Å². The fourth-order valence-electron chi connectivity index (χ4n) is 2.90. The molecule has 0 saturated heterocycles. The van der Waals surface area contributed by atoms with E-state index < -0.39 is 0 Å². The second-order valence-electron chi connectivity index (χ2n) is 7.90. The van der Waals surface area contributed by atoms with Crippen LogP contribution >= 0.6 is 0 Å². The second kappa shape index (κ2) is 4.50. The summed E-state index contributed by atoms with van der Waals surface area (Å²) in [7, 11) is 0. The van der Waals surface area contributed by atoms with Gasteiger partial charge in [-0.3, -0.25) is 4.79 Å². The van der Waals surface area contributed by atoms with Gasteiger partial charge in [-0.1, -0.05) is 41.5 Å². The first-order valence-corrected chi connectivity index (χ1v) is 6.62. The highest BCUT2D eigenvalue weighted by Crippen LogP contribution is 2.40. The molecular weight excluding hydrogens is 196 g/mol. The molecule has 1 aliphatic rings. The lowest BCUT2D eigenvalue weighted by Crippen LogP contribution is -2.22. The Balaban J connectivity index is 2.55. The molecule has 16 heavy (non-hydrogen) atoms. The molecule has 0 aromatic rings. The fourth-order valence-corrected chi connectivity index (χ4v) is 2.90. The van der Waals surface area contributed by atoms with Crippen LogP contribution in [0.1, 0.15) is 67.2 Å². The highest BCUT2D eigenvalue weighted by Gasteiger charge is 2.37. The summed E-state index contributed by atoms with van der Waals surface area (Å²) in [5, 5.41) is 0. The molecule has 1 rings (SSSR count). The van der Waals surface area contributed by atoms with Crippen molar-refractivity contribution in [2.45, 2.75) is 67.2 Å². The van der Waals surface area contributed by atoms with Crippen molar-refractivity contribution in [3.8, 4) is 0 Å². The summed E-state index contributed by atoms with van der Waals surface area (Å²) in [6.07, 6.45) is 4.37. The van der Waals surface area contributed by atoms with Crippen LogP contribution < -0.4 is 0 Å². The minimum absolute atomic E-state index is 0.289. The van der Waals surface area contributed by atoms with Crippen LogP contribution in [0.25, 0.3) is 0 Å². The molecule has 94 valence electrons. The van der Waals surface area contributed by atoms with Crippen LogP contribution in [-0.4, -0.2) is 5.78 Å². The van der Waals surface area contributed by atoms with Crippen molar-refractivity contribution < 1.29 is 4.79 Å². The third-order valence-electron chi connectivity index (χ3n) is 3.39. The zero-order valence-corrected chi connectivity index (χ0v) is 11.9. The Morgan fingerprint density at radius 3 is 1.44 bits per heavy atom. The number of Topliss-reactive ketones (excluding diaryl/α,β-unsaturated/α-hetero) is 1. The topological polar surface area (TPSA) is 17.1 Å². The molecule has 0 bridgehead atoms. The second-order valence-corrected chi connectivity index (χ2v) is 7.90. The lowest BCUT2D eigenvalue weighted by molar-refractivity contribution is -0.125. The van der Waals surface area contributed by atoms with Crippen molar-refractivity contribution in [2.75, 3.05) is 0 Å². The molecule has 0 aliphatic heterocycles. The van der Waals surface area contributed by atoms with Gasteiger partial charge in [0, 0.05) is 11.8 Å². The van der Waals surface area contributed by atoms with E-state index in [4.69, 9.17) is 0 Å². The minimum atomic E-state index is 0.289. The smallest absolute Gasteiger partial charge is 0.139 e. The molecule has 0 spiro atoms. The SMILES string of the molecule is CC(C)(C)C[C@H]1CC[C@H](CC(C)(C)C)C1=O. The average Bonchev–Trinajstić information content (AvgIpc) is 2.30. The molecule has 0 radical (unpaired) electrons. The van der Waals surface area contributed by atoms with Gasteiger partial charge in [0.05, 0.1) is 0 Å². The Hall–Kier alpha value is -0.330. The van der Waals surface area contributed by atoms with Crippen LogP contribution in [-0.2, 0) is 4.79 Å². The molecule has 1 nitrogen and oxygen atoms in total. The van der Waals surface area contributed by atoms with E-state index >= 15 is 0 Å². The van der Waals surface area contributed by atoms with Crippen molar-refractivity contribution in [3.63, 3.8) is 0 Å². The summed E-state index contributed by atoms with van der Waals surface area (Å²) in [4.78, 5) is 12.3. The van der Waals surface area contributed by atoms with Crippen molar-refractivity contribution in [1.82, 2.24) is 0 Å². The van der Waals surface area contributed by atoms with Gasteiger partial charge in [-0.2, -0.15) is 0 Å². The standard InChI is InChI=1S/C15H28O/c1-14(2,3)9-11-7-8-12(13(11)16)10-15(4,5)6/h11-12H,7-10H2,1-6H3/t11-,12-/m1/s1. The van der Waals surface area contributed by atoms with Crippen LogP contribution in [0, 0.1) is 22.7 Å². The van der Waals surface area contributed by atoms with E-state index in [-0.39, 0.29) is 10.8 Å². The molecular formula is C15H28O. The highest BCUT2D eigenvalue weighted by molar-refractivity contribution is 5.85. The summed E-state index contributed by atoms with van der Waals surface area (Å²) in [5.41, 5.74) is 0.577. The summed E-state index contributed by atoms with van der Waals surface area (Å²) >= 11 is 0. The third-order valence-corrected chi connectivity index (χ3v) is 3.39. The Bertz CT molecular complexity index is 226. The van der Waals surface area contributed by atoms with E-state index in [1.807, 2.05) is 0 Å². The number of hydrogen-bond acceptors (Lipinski definition) is 1. The normalized spacial score (nSPS) is 27.5. The van der Waals surface area contributed by atoms with Gasteiger partial charge in [-0.05, 0) is 36.5 Å². The molecule has 2 atom stereocenters. The Morgan fingerprint density at radius 2 is 1.19 bits per heavy atom. The van der Waals surface area contributed by atoms with E-state index in [2.05, 4.69) is 41.5 Å². The van der Waals surface area contributed by atoms with Gasteiger partial charge in [-0.15, -0.1) is 0 Å². The highest BCUT2D eigenvalue weighted by atomic mass is 16.1. The molecule has 0 amide bonds. The Morgan fingerprint density at radius 1 is 0.875 bits per heavy atom. The molecule has 1 aliphatic carbocycles. The zero-order valence-electron chi connectivity index (χ0n) is 11.9. The van der Waals surface area contributed by atoms with E-state index in [0.29, 0.717) is 17.6 Å². The van der Waals surface area contributed by atoms with Crippen LogP contribution in [0.4, 0.5) is 0 Å². The molecule has 0 unspecified atom stereocenters. The number of hydrogen-bond donors (Lipinski definition) is 0. The van der Waals surface area contributed by atoms with E-state index in [1.54, 1.807) is 0 Å². The van der Waals surface area contributed by atoms with E-state index in [1.165, 1.54) is 0 Å². The van der Waals surface area contributed by atoms with Crippen molar-refractivity contribution in [2.24, 2.45) is 22.7 Å². The zero-order chi connectivity index (χ0) is 12.6. The minimum Gasteiger partial charge on any atom is -0.299 e. The Kier molecular flexibility index (Phi) is 3.87. The van der Waals surface area contributed by atoms with Gasteiger partial charge >= 0.3 is 0 Å². The van der Waals surface area contributed by atoms with Gasteiger partial charge in [0.2, 0.25) is 0 Å². The largest absolute Gasteiger partial charge is 0.299 e. The van der Waals surface area contributed by atoms with E-state index in [9.17, 15) is 4.79 Å². The number of rotatable bonds is 2. The third kappa shape index (κ3) is 4.27. The van der Waals surface area contributed by atoms with Gasteiger partial charge in [0.1, 0.15) is 5.78 Å². The summed E-state index contributed by atoms with van der Waals surface area (Å²) in [6, 6.07) is 0. The van der Waals surface area contributed by atoms with Crippen LogP contribution in [0.15, 0.2) is 0 Å². The lowest BCUT2D eigenvalue weighted by atomic mass is 9.80. The average molecular weight is 224 g/mol. The first-order chi connectivity index (χ1) is 7.08. The van der Waals surface area contributed by atoms with E-state index in [0.717, 1.165) is 25.7 Å². The quantitative estimate of drug-likeness (QED) is 0.677.